The highest BCUT2D eigenvalue weighted by Gasteiger charge is 2.31. The fraction of sp³-hybridized carbons (Fsp3) is 0.400. The first-order chi connectivity index (χ1) is 14.0. The van der Waals surface area contributed by atoms with Gasteiger partial charge in [0.25, 0.3) is 0 Å². The van der Waals surface area contributed by atoms with Gasteiger partial charge in [-0.3, -0.25) is 9.82 Å². The Hall–Kier alpha value is -2.81. The molecule has 5 rings (SSSR count). The molecule has 8 nitrogen and oxygen atoms in total. The number of aromatic nitrogens is 3. The number of fused-ring (bicyclic) bond motifs is 1. The average Bonchev–Trinajstić information content (AvgIpc) is 3.45. The predicted molar refractivity (Wildman–Crippen MR) is 110 cm³/mol. The van der Waals surface area contributed by atoms with Gasteiger partial charge in [0.15, 0.2) is 11.7 Å². The topological polar surface area (TPSA) is 113 Å². The molecular formula is C20H23N5O3S. The Morgan fingerprint density at radius 1 is 1.24 bits per heavy atom. The third-order valence-corrected chi connectivity index (χ3v) is 6.95. The van der Waals surface area contributed by atoms with E-state index in [1.807, 2.05) is 24.4 Å². The number of hydrogen-bond acceptors (Lipinski definition) is 6. The van der Waals surface area contributed by atoms with Crippen molar-refractivity contribution in [1.29, 1.82) is 0 Å². The van der Waals surface area contributed by atoms with E-state index in [9.17, 15) is 8.42 Å². The van der Waals surface area contributed by atoms with E-state index >= 15 is 0 Å². The quantitative estimate of drug-likeness (QED) is 0.582. The lowest BCUT2D eigenvalue weighted by atomic mass is 10.0. The van der Waals surface area contributed by atoms with Crippen LogP contribution in [0, 0.1) is 0 Å². The molecule has 29 heavy (non-hydrogen) atoms. The number of nitrogens with one attached hydrogen (secondary N) is 3. The molecule has 2 unspecified atom stereocenters. The van der Waals surface area contributed by atoms with Gasteiger partial charge in [-0.25, -0.2) is 13.4 Å². The van der Waals surface area contributed by atoms with E-state index < -0.39 is 10.0 Å². The summed E-state index contributed by atoms with van der Waals surface area (Å²) in [4.78, 5) is 4.44. The second-order valence-corrected chi connectivity index (χ2v) is 9.51. The molecule has 1 saturated carbocycles. The highest BCUT2D eigenvalue weighted by Crippen LogP contribution is 2.43. The number of aryl methyl sites for hydroxylation is 1. The lowest BCUT2D eigenvalue weighted by Crippen LogP contribution is -2.05. The minimum Gasteiger partial charge on any atom is -0.445 e. The van der Waals surface area contributed by atoms with E-state index in [1.165, 1.54) is 0 Å². The minimum absolute atomic E-state index is 0.00763. The molecule has 2 atom stereocenters. The van der Waals surface area contributed by atoms with Crippen LogP contribution < -0.4 is 10.0 Å². The number of hydrogen-bond donors (Lipinski definition) is 3. The van der Waals surface area contributed by atoms with E-state index in [0.717, 1.165) is 60.1 Å². The molecule has 3 heterocycles. The van der Waals surface area contributed by atoms with Crippen LogP contribution in [0.3, 0.4) is 0 Å². The van der Waals surface area contributed by atoms with Gasteiger partial charge < -0.3 is 9.73 Å². The summed E-state index contributed by atoms with van der Waals surface area (Å²) in [5.41, 5.74) is 3.33. The number of rotatable bonds is 5. The molecular weight excluding hydrogens is 390 g/mol. The number of oxazole rings is 1. The van der Waals surface area contributed by atoms with Gasteiger partial charge in [-0.05, 0) is 43.0 Å². The zero-order chi connectivity index (χ0) is 20.0. The van der Waals surface area contributed by atoms with Crippen molar-refractivity contribution >= 4 is 27.2 Å². The number of benzene rings is 1. The molecule has 0 radical (unpaired) electrons. The number of anilines is 3. The van der Waals surface area contributed by atoms with E-state index in [1.54, 1.807) is 6.07 Å². The molecule has 2 aromatic heterocycles. The van der Waals surface area contributed by atoms with Crippen molar-refractivity contribution in [2.24, 2.45) is 0 Å². The highest BCUT2D eigenvalue weighted by molar-refractivity contribution is 7.92. The Morgan fingerprint density at radius 2 is 2.10 bits per heavy atom. The summed E-state index contributed by atoms with van der Waals surface area (Å²) in [6, 6.07) is 7.50. The third kappa shape index (κ3) is 3.62. The first-order valence-corrected chi connectivity index (χ1v) is 11.5. The number of sulfonamides is 1. The Balaban J connectivity index is 1.26. The predicted octanol–water partition coefficient (Wildman–Crippen LogP) is 4.01. The van der Waals surface area contributed by atoms with Crippen LogP contribution in [0.4, 0.5) is 17.2 Å². The van der Waals surface area contributed by atoms with Crippen molar-refractivity contribution in [3.8, 4) is 0 Å². The summed E-state index contributed by atoms with van der Waals surface area (Å²) in [5, 5.41) is 10.8. The first-order valence-electron chi connectivity index (χ1n) is 9.89. The van der Waals surface area contributed by atoms with Gasteiger partial charge in [0.2, 0.25) is 10.0 Å². The van der Waals surface area contributed by atoms with E-state index in [4.69, 9.17) is 4.42 Å². The van der Waals surface area contributed by atoms with Gasteiger partial charge in [-0.15, -0.1) is 0 Å². The van der Waals surface area contributed by atoms with Crippen LogP contribution in [-0.4, -0.2) is 23.6 Å². The summed E-state index contributed by atoms with van der Waals surface area (Å²) in [6.07, 6.45) is 5.82. The fourth-order valence-corrected chi connectivity index (χ4v) is 5.47. The standard InChI is InChI=1S/C20H23N5O3S/c1-2-16-10-21-20(28-16)13-4-3-12(7-13)18-9-19(24-23-18)22-15-5-6-17-14(8-15)11-29(26,27)25-17/h5-6,8-10,12-13,25H,2-4,7,11H2,1H3,(H2,22,23,24). The summed E-state index contributed by atoms with van der Waals surface area (Å²) < 4.78 is 31.8. The van der Waals surface area contributed by atoms with E-state index in [0.29, 0.717) is 17.5 Å². The van der Waals surface area contributed by atoms with Crippen LogP contribution in [0.25, 0.3) is 0 Å². The van der Waals surface area contributed by atoms with Crippen LogP contribution in [0.1, 0.15) is 60.9 Å². The lowest BCUT2D eigenvalue weighted by molar-refractivity contribution is 0.420. The summed E-state index contributed by atoms with van der Waals surface area (Å²) in [5.74, 6) is 3.27. The van der Waals surface area contributed by atoms with Crippen LogP contribution >= 0.6 is 0 Å². The van der Waals surface area contributed by atoms with Gasteiger partial charge in [0.05, 0.1) is 17.6 Å². The molecule has 1 aliphatic carbocycles. The number of nitrogens with zero attached hydrogens (tertiary/aromatic N) is 2. The lowest BCUT2D eigenvalue weighted by Gasteiger charge is -2.07. The monoisotopic (exact) mass is 413 g/mol. The van der Waals surface area contributed by atoms with Gasteiger partial charge in [-0.2, -0.15) is 5.10 Å². The normalized spacial score (nSPS) is 22.4. The smallest absolute Gasteiger partial charge is 0.237 e. The van der Waals surface area contributed by atoms with Gasteiger partial charge in [-0.1, -0.05) is 6.92 Å². The van der Waals surface area contributed by atoms with E-state index in [2.05, 4.69) is 32.1 Å². The average molecular weight is 414 g/mol. The SMILES string of the molecule is CCc1cnc(C2CCC(c3cc(Nc4ccc5c(c4)CS(=O)(=O)N5)n[nH]3)C2)o1. The Labute approximate surface area is 169 Å². The van der Waals surface area contributed by atoms with Crippen molar-refractivity contribution in [3.63, 3.8) is 0 Å². The molecule has 1 fully saturated rings. The Kier molecular flexibility index (Phi) is 4.34. The minimum atomic E-state index is -3.24. The van der Waals surface area contributed by atoms with Crippen molar-refractivity contribution in [2.45, 2.75) is 50.2 Å². The number of H-pyrrole nitrogens is 1. The number of aromatic amines is 1. The molecule has 3 aromatic rings. The van der Waals surface area contributed by atoms with Gasteiger partial charge in [0, 0.05) is 35.7 Å². The highest BCUT2D eigenvalue weighted by atomic mass is 32.2. The first kappa shape index (κ1) is 18.2. The van der Waals surface area contributed by atoms with Crippen LogP contribution in [0.2, 0.25) is 0 Å². The van der Waals surface area contributed by atoms with Gasteiger partial charge in [0.1, 0.15) is 5.76 Å². The van der Waals surface area contributed by atoms with Crippen LogP contribution in [0.15, 0.2) is 34.9 Å². The zero-order valence-corrected chi connectivity index (χ0v) is 16.9. The molecule has 1 aliphatic heterocycles. The van der Waals surface area contributed by atoms with Crippen LogP contribution in [-0.2, 0) is 22.2 Å². The second kappa shape index (κ2) is 6.91. The molecule has 0 spiro atoms. The van der Waals surface area contributed by atoms with Gasteiger partial charge >= 0.3 is 0 Å². The van der Waals surface area contributed by atoms with Crippen molar-refractivity contribution in [3.05, 3.63) is 53.4 Å². The maximum Gasteiger partial charge on any atom is 0.237 e. The van der Waals surface area contributed by atoms with Crippen molar-refractivity contribution in [1.82, 2.24) is 15.2 Å². The fourth-order valence-electron chi connectivity index (χ4n) is 4.22. The summed E-state index contributed by atoms with van der Waals surface area (Å²) >= 11 is 0. The summed E-state index contributed by atoms with van der Waals surface area (Å²) in [7, 11) is -3.24. The summed E-state index contributed by atoms with van der Waals surface area (Å²) in [6.45, 7) is 2.07. The Bertz CT molecular complexity index is 1150. The van der Waals surface area contributed by atoms with E-state index in [-0.39, 0.29) is 5.75 Å². The molecule has 0 amide bonds. The second-order valence-electron chi connectivity index (χ2n) is 7.79. The third-order valence-electron chi connectivity index (χ3n) is 5.73. The van der Waals surface area contributed by atoms with Crippen LogP contribution in [0.5, 0.6) is 0 Å². The molecule has 0 saturated heterocycles. The molecule has 2 aliphatic rings. The Morgan fingerprint density at radius 3 is 2.93 bits per heavy atom. The largest absolute Gasteiger partial charge is 0.445 e. The van der Waals surface area contributed by atoms with Crippen molar-refractivity contribution in [2.75, 3.05) is 10.0 Å². The maximum absolute atomic E-state index is 11.7. The molecule has 1 aromatic carbocycles. The molecule has 3 N–H and O–H groups in total. The maximum atomic E-state index is 11.7. The molecule has 0 bridgehead atoms. The zero-order valence-electron chi connectivity index (χ0n) is 16.1. The van der Waals surface area contributed by atoms with Crippen molar-refractivity contribution < 1.29 is 12.8 Å². The molecule has 152 valence electrons. The molecule has 9 heteroatoms.